The lowest BCUT2D eigenvalue weighted by atomic mass is 9.87. The monoisotopic (exact) mass is 399 g/mol. The molecule has 0 saturated carbocycles. The summed E-state index contributed by atoms with van der Waals surface area (Å²) in [5.74, 6) is -1.75. The van der Waals surface area contributed by atoms with Gasteiger partial charge < -0.3 is 9.67 Å². The highest BCUT2D eigenvalue weighted by atomic mass is 35.5. The molecule has 28 heavy (non-hydrogen) atoms. The maximum absolute atomic E-state index is 14.1. The molecule has 0 fully saturated rings. The fraction of sp³-hybridized carbons (Fsp3) is 0.273. The fourth-order valence-corrected chi connectivity index (χ4v) is 4.47. The Kier molecular flexibility index (Phi) is 4.71. The summed E-state index contributed by atoms with van der Waals surface area (Å²) in [6.45, 7) is 2.42. The average molecular weight is 400 g/mol. The van der Waals surface area contributed by atoms with Gasteiger partial charge in [0.2, 0.25) is 0 Å². The second-order valence-corrected chi connectivity index (χ2v) is 7.74. The summed E-state index contributed by atoms with van der Waals surface area (Å²) in [5.41, 5.74) is 2.99. The van der Waals surface area contributed by atoms with Crippen molar-refractivity contribution >= 4 is 34.3 Å². The minimum absolute atomic E-state index is 0.0568. The second-order valence-electron chi connectivity index (χ2n) is 7.30. The maximum atomic E-state index is 14.1. The number of carbonyl (C=O) groups is 2. The molecule has 1 aliphatic rings. The van der Waals surface area contributed by atoms with E-state index in [1.807, 2.05) is 4.57 Å². The lowest BCUT2D eigenvalue weighted by Crippen LogP contribution is -2.20. The topological polar surface area (TPSA) is 59.3 Å². The zero-order chi connectivity index (χ0) is 20.0. The highest BCUT2D eigenvalue weighted by Gasteiger charge is 2.33. The number of ketones is 1. The van der Waals surface area contributed by atoms with E-state index in [0.717, 1.165) is 6.42 Å². The number of carboxylic acids is 1. The van der Waals surface area contributed by atoms with Crippen molar-refractivity contribution in [3.05, 3.63) is 69.6 Å². The molecular weight excluding hydrogens is 381 g/mol. The quantitative estimate of drug-likeness (QED) is 0.603. The molecule has 0 amide bonds. The van der Waals surface area contributed by atoms with E-state index in [1.165, 1.54) is 12.1 Å². The summed E-state index contributed by atoms with van der Waals surface area (Å²) in [7, 11) is 0. The molecule has 1 atom stereocenters. The number of aryl methyl sites for hydroxylation is 2. The van der Waals surface area contributed by atoms with Gasteiger partial charge in [0.25, 0.3) is 0 Å². The Labute approximate surface area is 166 Å². The normalized spacial score (nSPS) is 16.2. The van der Waals surface area contributed by atoms with Crippen molar-refractivity contribution in [1.82, 2.24) is 4.57 Å². The van der Waals surface area contributed by atoms with Crippen LogP contribution in [0.3, 0.4) is 0 Å². The van der Waals surface area contributed by atoms with Crippen LogP contribution in [0.15, 0.2) is 36.4 Å². The first kappa shape index (κ1) is 18.7. The lowest BCUT2D eigenvalue weighted by Gasteiger charge is -2.25. The zero-order valence-corrected chi connectivity index (χ0v) is 16.1. The van der Waals surface area contributed by atoms with Crippen LogP contribution in [-0.4, -0.2) is 21.4 Å². The van der Waals surface area contributed by atoms with Crippen LogP contribution in [0.4, 0.5) is 4.39 Å². The van der Waals surface area contributed by atoms with Gasteiger partial charge in [0.05, 0.1) is 17.5 Å². The van der Waals surface area contributed by atoms with Crippen molar-refractivity contribution in [2.75, 3.05) is 0 Å². The summed E-state index contributed by atoms with van der Waals surface area (Å²) < 4.78 is 16.1. The Morgan fingerprint density at radius 1 is 1.25 bits per heavy atom. The minimum Gasteiger partial charge on any atom is -0.481 e. The van der Waals surface area contributed by atoms with E-state index >= 15 is 0 Å². The van der Waals surface area contributed by atoms with E-state index in [9.17, 15) is 19.1 Å². The van der Waals surface area contributed by atoms with Crippen molar-refractivity contribution in [2.45, 2.75) is 38.6 Å². The summed E-state index contributed by atoms with van der Waals surface area (Å²) in [6.07, 6.45) is 1.42. The first-order chi connectivity index (χ1) is 13.4. The third-order valence-electron chi connectivity index (χ3n) is 5.44. The molecule has 0 aliphatic carbocycles. The molecule has 1 aromatic heterocycles. The number of hydrogen-bond acceptors (Lipinski definition) is 2. The van der Waals surface area contributed by atoms with Crippen molar-refractivity contribution in [2.24, 2.45) is 0 Å². The Bertz CT molecular complexity index is 1100. The highest BCUT2D eigenvalue weighted by molar-refractivity contribution is 6.30. The van der Waals surface area contributed by atoms with Gasteiger partial charge in [0.1, 0.15) is 5.82 Å². The second kappa shape index (κ2) is 7.06. The van der Waals surface area contributed by atoms with Crippen LogP contribution in [0.25, 0.3) is 10.9 Å². The molecule has 4 nitrogen and oxygen atoms in total. The van der Waals surface area contributed by atoms with Gasteiger partial charge in [-0.25, -0.2) is 4.39 Å². The number of aromatic nitrogens is 1. The van der Waals surface area contributed by atoms with E-state index in [-0.39, 0.29) is 23.9 Å². The van der Waals surface area contributed by atoms with Crippen molar-refractivity contribution in [3.63, 3.8) is 0 Å². The van der Waals surface area contributed by atoms with Gasteiger partial charge in [-0.15, -0.1) is 0 Å². The van der Waals surface area contributed by atoms with E-state index in [1.54, 1.807) is 31.2 Å². The number of carboxylic acid groups (broad SMARTS) is 1. The number of carbonyl (C=O) groups excluding carboxylic acids is 1. The smallest absolute Gasteiger partial charge is 0.304 e. The molecular formula is C22H19ClFNO3. The van der Waals surface area contributed by atoms with Gasteiger partial charge in [0, 0.05) is 34.1 Å². The van der Waals surface area contributed by atoms with Gasteiger partial charge in [-0.1, -0.05) is 11.6 Å². The van der Waals surface area contributed by atoms with Gasteiger partial charge in [-0.2, -0.15) is 0 Å². The molecule has 144 valence electrons. The van der Waals surface area contributed by atoms with E-state index in [2.05, 4.69) is 0 Å². The first-order valence-electron chi connectivity index (χ1n) is 9.21. The van der Waals surface area contributed by atoms with E-state index in [0.29, 0.717) is 51.3 Å². The standard InChI is InChI=1S/C22H19ClFNO3/c1-12-9-16(24)11-17-19(12)20(22(28)13-4-6-15(23)7-5-13)21-14(10-18(26)27)3-2-8-25(17)21/h4-7,9,11,14H,2-3,8,10H2,1H3,(H,26,27)/t14-/m1/s1. The van der Waals surface area contributed by atoms with Gasteiger partial charge in [0.15, 0.2) is 5.78 Å². The fourth-order valence-electron chi connectivity index (χ4n) is 4.34. The average Bonchev–Trinajstić information content (AvgIpc) is 2.97. The van der Waals surface area contributed by atoms with Crippen LogP contribution in [0, 0.1) is 12.7 Å². The number of nitrogens with zero attached hydrogens (tertiary/aromatic N) is 1. The van der Waals surface area contributed by atoms with E-state index < -0.39 is 5.97 Å². The van der Waals surface area contributed by atoms with Crippen molar-refractivity contribution < 1.29 is 19.1 Å². The first-order valence-corrected chi connectivity index (χ1v) is 9.59. The van der Waals surface area contributed by atoms with Gasteiger partial charge >= 0.3 is 5.97 Å². The van der Waals surface area contributed by atoms with Crippen molar-refractivity contribution in [1.29, 1.82) is 0 Å². The van der Waals surface area contributed by atoms with Crippen LogP contribution in [0.5, 0.6) is 0 Å². The molecule has 0 spiro atoms. The SMILES string of the molecule is Cc1cc(F)cc2c1c(C(=O)c1ccc(Cl)cc1)c1n2CCC[C@@H]1CC(=O)O. The summed E-state index contributed by atoms with van der Waals surface area (Å²) in [5, 5.41) is 10.6. The van der Waals surface area contributed by atoms with Crippen LogP contribution in [0.2, 0.25) is 5.02 Å². The molecule has 0 radical (unpaired) electrons. The highest BCUT2D eigenvalue weighted by Crippen LogP contribution is 2.41. The Morgan fingerprint density at radius 3 is 2.64 bits per heavy atom. The largest absolute Gasteiger partial charge is 0.481 e. The summed E-state index contributed by atoms with van der Waals surface area (Å²) in [6, 6.07) is 9.48. The summed E-state index contributed by atoms with van der Waals surface area (Å²) in [4.78, 5) is 24.9. The number of aliphatic carboxylic acids is 1. The lowest BCUT2D eigenvalue weighted by molar-refractivity contribution is -0.137. The van der Waals surface area contributed by atoms with Crippen LogP contribution >= 0.6 is 11.6 Å². The predicted octanol–water partition coefficient (Wildman–Crippen LogP) is 5.33. The number of rotatable bonds is 4. The van der Waals surface area contributed by atoms with Gasteiger partial charge in [-0.05, 0) is 61.7 Å². The molecule has 4 rings (SSSR count). The number of fused-ring (bicyclic) bond motifs is 3. The Morgan fingerprint density at radius 2 is 1.96 bits per heavy atom. The van der Waals surface area contributed by atoms with Crippen LogP contribution < -0.4 is 0 Å². The Balaban J connectivity index is 2.02. The predicted molar refractivity (Wildman–Crippen MR) is 106 cm³/mol. The third kappa shape index (κ3) is 3.10. The molecule has 0 saturated heterocycles. The Hall–Kier alpha value is -2.66. The van der Waals surface area contributed by atoms with Crippen LogP contribution in [-0.2, 0) is 11.3 Å². The molecule has 0 bridgehead atoms. The molecule has 0 unspecified atom stereocenters. The molecule has 1 N–H and O–H groups in total. The van der Waals surface area contributed by atoms with Crippen molar-refractivity contribution in [3.8, 4) is 0 Å². The van der Waals surface area contributed by atoms with Gasteiger partial charge in [-0.3, -0.25) is 9.59 Å². The third-order valence-corrected chi connectivity index (χ3v) is 5.69. The van der Waals surface area contributed by atoms with Crippen LogP contribution in [0.1, 0.15) is 52.4 Å². The van der Waals surface area contributed by atoms with E-state index in [4.69, 9.17) is 11.6 Å². The molecule has 2 aromatic carbocycles. The minimum atomic E-state index is -0.906. The maximum Gasteiger partial charge on any atom is 0.304 e. The summed E-state index contributed by atoms with van der Waals surface area (Å²) >= 11 is 5.95. The number of hydrogen-bond donors (Lipinski definition) is 1. The molecule has 2 heterocycles. The molecule has 1 aliphatic heterocycles. The number of halogens is 2. The zero-order valence-electron chi connectivity index (χ0n) is 15.3. The number of benzene rings is 2. The molecule has 6 heteroatoms. The molecule has 3 aromatic rings.